The molecular weight excluding hydrogens is 382 g/mol. The standard InChI is InChI=1S/C18H37NO.C6H15N.ClH.H3N/c1-2-3-4-5-6-7-8-9-10-11-12-13-14-15-16-17-18(19)20;1-4-5-6-7(2)3;;/h2-17H2,1H3,(H2,19,20);4-6H2,1-3H3;1H;1H3. The second-order valence-electron chi connectivity index (χ2n) is 8.32. The molecule has 0 aromatic heterocycles. The van der Waals surface area contributed by atoms with E-state index in [4.69, 9.17) is 5.73 Å². The van der Waals surface area contributed by atoms with Gasteiger partial charge in [0.2, 0.25) is 5.91 Å². The fraction of sp³-hybridized carbons (Fsp3) is 0.958. The first-order valence-corrected chi connectivity index (χ1v) is 12.0. The first-order valence-electron chi connectivity index (χ1n) is 12.0. The van der Waals surface area contributed by atoms with Crippen molar-refractivity contribution in [3.05, 3.63) is 0 Å². The molecule has 1 amide bonds. The Bertz CT molecular complexity index is 289. The molecule has 0 radical (unpaired) electrons. The highest BCUT2D eigenvalue weighted by Crippen LogP contribution is 2.13. The zero-order valence-corrected chi connectivity index (χ0v) is 21.3. The number of hydrogen-bond donors (Lipinski definition) is 2. The van der Waals surface area contributed by atoms with Crippen LogP contribution >= 0.6 is 12.4 Å². The van der Waals surface area contributed by atoms with Crippen molar-refractivity contribution < 1.29 is 4.79 Å². The SMILES string of the molecule is CCCCCCCCCCCCCCCCCC(N)=O.CCCCN(C)C.Cl.N. The third-order valence-electron chi connectivity index (χ3n) is 4.99. The maximum absolute atomic E-state index is 10.6. The average molecular weight is 438 g/mol. The van der Waals surface area contributed by atoms with E-state index in [-0.39, 0.29) is 24.5 Å². The Balaban J connectivity index is -0.000000298. The lowest BCUT2D eigenvalue weighted by molar-refractivity contribution is -0.118. The summed E-state index contributed by atoms with van der Waals surface area (Å²) in [6.45, 7) is 5.72. The molecule has 0 saturated carbocycles. The van der Waals surface area contributed by atoms with Gasteiger partial charge in [0, 0.05) is 6.42 Å². The molecule has 180 valence electrons. The lowest BCUT2D eigenvalue weighted by Gasteiger charge is -2.05. The Kier molecular flexibility index (Phi) is 40.2. The Hall–Kier alpha value is -0.320. The molecule has 5 N–H and O–H groups in total. The third kappa shape index (κ3) is 42.7. The van der Waals surface area contributed by atoms with E-state index >= 15 is 0 Å². The van der Waals surface area contributed by atoms with E-state index in [2.05, 4.69) is 32.8 Å². The van der Waals surface area contributed by atoms with Crippen molar-refractivity contribution in [3.8, 4) is 0 Å². The first-order chi connectivity index (χ1) is 13.0. The first kappa shape index (κ1) is 36.1. The second-order valence-corrected chi connectivity index (χ2v) is 8.32. The van der Waals surface area contributed by atoms with Gasteiger partial charge in [-0.2, -0.15) is 0 Å². The molecule has 0 unspecified atom stereocenters. The van der Waals surface area contributed by atoms with Gasteiger partial charge in [0.15, 0.2) is 0 Å². The van der Waals surface area contributed by atoms with Gasteiger partial charge in [-0.1, -0.05) is 110 Å². The van der Waals surface area contributed by atoms with Gasteiger partial charge in [-0.15, -0.1) is 12.4 Å². The fourth-order valence-electron chi connectivity index (χ4n) is 3.14. The molecule has 29 heavy (non-hydrogen) atoms. The van der Waals surface area contributed by atoms with Crippen LogP contribution < -0.4 is 11.9 Å². The molecule has 0 aromatic rings. The molecule has 0 heterocycles. The van der Waals surface area contributed by atoms with Gasteiger partial charge < -0.3 is 16.8 Å². The Morgan fingerprint density at radius 2 is 0.931 bits per heavy atom. The van der Waals surface area contributed by atoms with Gasteiger partial charge in [0.25, 0.3) is 0 Å². The molecular formula is C24H56ClN3O. The summed E-state index contributed by atoms with van der Waals surface area (Å²) in [6, 6.07) is 0. The predicted octanol–water partition coefficient (Wildman–Crippen LogP) is 7.67. The summed E-state index contributed by atoms with van der Waals surface area (Å²) in [5.74, 6) is -0.153. The number of carbonyl (C=O) groups is 1. The Morgan fingerprint density at radius 1 is 0.621 bits per heavy atom. The van der Waals surface area contributed by atoms with Crippen molar-refractivity contribution >= 4 is 18.3 Å². The van der Waals surface area contributed by atoms with E-state index in [1.165, 1.54) is 109 Å². The van der Waals surface area contributed by atoms with Gasteiger partial charge in [-0.3, -0.25) is 4.79 Å². The molecule has 0 aliphatic heterocycles. The summed E-state index contributed by atoms with van der Waals surface area (Å²) in [5, 5.41) is 0. The minimum atomic E-state index is -0.153. The van der Waals surface area contributed by atoms with E-state index in [9.17, 15) is 4.79 Å². The van der Waals surface area contributed by atoms with Crippen molar-refractivity contribution in [2.24, 2.45) is 5.73 Å². The molecule has 0 spiro atoms. The number of nitrogens with two attached hydrogens (primary N) is 1. The number of primary amides is 1. The van der Waals surface area contributed by atoms with Gasteiger partial charge in [-0.05, 0) is 33.5 Å². The molecule has 0 rings (SSSR count). The van der Waals surface area contributed by atoms with E-state index in [1.54, 1.807) is 0 Å². The minimum Gasteiger partial charge on any atom is -0.370 e. The zero-order chi connectivity index (χ0) is 20.6. The molecule has 0 bridgehead atoms. The second kappa shape index (κ2) is 32.3. The minimum absolute atomic E-state index is 0. The maximum Gasteiger partial charge on any atom is 0.217 e. The number of rotatable bonds is 19. The number of carbonyl (C=O) groups excluding carboxylic acids is 1. The predicted molar refractivity (Wildman–Crippen MR) is 134 cm³/mol. The fourth-order valence-corrected chi connectivity index (χ4v) is 3.14. The van der Waals surface area contributed by atoms with Crippen molar-refractivity contribution in [3.63, 3.8) is 0 Å². The van der Waals surface area contributed by atoms with E-state index < -0.39 is 0 Å². The summed E-state index contributed by atoms with van der Waals surface area (Å²) in [6.07, 6.45) is 23.5. The van der Waals surface area contributed by atoms with Crippen LogP contribution in [0.2, 0.25) is 0 Å². The largest absolute Gasteiger partial charge is 0.370 e. The molecule has 0 aliphatic rings. The highest BCUT2D eigenvalue weighted by molar-refractivity contribution is 5.85. The quantitative estimate of drug-likeness (QED) is 0.203. The van der Waals surface area contributed by atoms with Crippen molar-refractivity contribution in [2.45, 2.75) is 129 Å². The van der Waals surface area contributed by atoms with Gasteiger partial charge >= 0.3 is 0 Å². The number of nitrogens with zero attached hydrogens (tertiary/aromatic N) is 1. The Labute approximate surface area is 190 Å². The summed E-state index contributed by atoms with van der Waals surface area (Å²) in [7, 11) is 4.21. The van der Waals surface area contributed by atoms with Crippen LogP contribution in [0.5, 0.6) is 0 Å². The topological polar surface area (TPSA) is 81.3 Å². The Morgan fingerprint density at radius 3 is 1.17 bits per heavy atom. The summed E-state index contributed by atoms with van der Waals surface area (Å²) >= 11 is 0. The molecule has 5 heteroatoms. The highest BCUT2D eigenvalue weighted by atomic mass is 35.5. The van der Waals surface area contributed by atoms with Gasteiger partial charge in [0.05, 0.1) is 0 Å². The van der Waals surface area contributed by atoms with Crippen LogP contribution in [-0.4, -0.2) is 31.4 Å². The summed E-state index contributed by atoms with van der Waals surface area (Å²) in [4.78, 5) is 12.8. The third-order valence-corrected chi connectivity index (χ3v) is 4.99. The smallest absolute Gasteiger partial charge is 0.217 e. The molecule has 0 atom stereocenters. The van der Waals surface area contributed by atoms with E-state index in [1.807, 2.05) is 0 Å². The van der Waals surface area contributed by atoms with Crippen LogP contribution in [0.4, 0.5) is 0 Å². The van der Waals surface area contributed by atoms with E-state index in [0.717, 1.165) is 6.42 Å². The van der Waals surface area contributed by atoms with Crippen molar-refractivity contribution in [1.82, 2.24) is 11.1 Å². The van der Waals surface area contributed by atoms with Crippen molar-refractivity contribution in [1.29, 1.82) is 0 Å². The number of halogens is 1. The van der Waals surface area contributed by atoms with Crippen LogP contribution in [0.3, 0.4) is 0 Å². The monoisotopic (exact) mass is 437 g/mol. The summed E-state index contributed by atoms with van der Waals surface area (Å²) in [5.41, 5.74) is 5.11. The van der Waals surface area contributed by atoms with Crippen molar-refractivity contribution in [2.75, 3.05) is 20.6 Å². The average Bonchev–Trinajstić information content (AvgIpc) is 2.63. The molecule has 0 fully saturated rings. The zero-order valence-electron chi connectivity index (χ0n) is 20.5. The number of unbranched alkanes of at least 4 members (excludes halogenated alkanes) is 15. The van der Waals surface area contributed by atoms with Gasteiger partial charge in [0.1, 0.15) is 0 Å². The highest BCUT2D eigenvalue weighted by Gasteiger charge is 1.96. The number of amides is 1. The van der Waals surface area contributed by atoms with Crippen LogP contribution in [0.1, 0.15) is 129 Å². The van der Waals surface area contributed by atoms with Crippen LogP contribution in [0.25, 0.3) is 0 Å². The normalized spacial score (nSPS) is 9.97. The summed E-state index contributed by atoms with van der Waals surface area (Å²) < 4.78 is 0. The van der Waals surface area contributed by atoms with Crippen LogP contribution in [0.15, 0.2) is 0 Å². The molecule has 0 aromatic carbocycles. The molecule has 0 saturated heterocycles. The molecule has 4 nitrogen and oxygen atoms in total. The molecule has 0 aliphatic carbocycles. The van der Waals surface area contributed by atoms with Gasteiger partial charge in [-0.25, -0.2) is 0 Å². The number of hydrogen-bond acceptors (Lipinski definition) is 3. The lowest BCUT2D eigenvalue weighted by atomic mass is 10.0. The van der Waals surface area contributed by atoms with Crippen LogP contribution in [-0.2, 0) is 4.79 Å². The van der Waals surface area contributed by atoms with E-state index in [0.29, 0.717) is 6.42 Å². The lowest BCUT2D eigenvalue weighted by Crippen LogP contribution is -2.12. The maximum atomic E-state index is 10.6. The van der Waals surface area contributed by atoms with Crippen LogP contribution in [0, 0.1) is 0 Å².